The molecule has 162 valence electrons. The highest BCUT2D eigenvalue weighted by Crippen LogP contribution is 2.41. The molecule has 1 aromatic heterocycles. The van der Waals surface area contributed by atoms with Crippen molar-refractivity contribution in [3.63, 3.8) is 0 Å². The molecule has 2 aromatic rings. The van der Waals surface area contributed by atoms with E-state index in [-0.39, 0.29) is 49.1 Å². The quantitative estimate of drug-likeness (QED) is 0.689. The van der Waals surface area contributed by atoms with Crippen LogP contribution in [-0.2, 0) is 19.8 Å². The molecule has 2 saturated heterocycles. The van der Waals surface area contributed by atoms with Gasteiger partial charge in [-0.1, -0.05) is 18.2 Å². The first-order valence-electron chi connectivity index (χ1n) is 10.00. The fourth-order valence-electron chi connectivity index (χ4n) is 4.26. The number of carbonyl (C=O) groups excluding carboxylic acids is 4. The van der Waals surface area contributed by atoms with Gasteiger partial charge in [0.05, 0.1) is 11.7 Å². The Bertz CT molecular complexity index is 1030. The summed E-state index contributed by atoms with van der Waals surface area (Å²) in [6.45, 7) is 1.17. The molecule has 1 unspecified atom stereocenters. The molecule has 31 heavy (non-hydrogen) atoms. The van der Waals surface area contributed by atoms with Crippen molar-refractivity contribution >= 4 is 23.6 Å². The third-order valence-electron chi connectivity index (χ3n) is 6.04. The number of nitrogens with zero attached hydrogens (tertiary/aromatic N) is 3. The number of likely N-dealkylation sites (tertiary alicyclic amines) is 1. The highest BCUT2D eigenvalue weighted by Gasteiger charge is 2.54. The molecule has 3 heterocycles. The lowest BCUT2D eigenvalue weighted by molar-refractivity contribution is -0.142. The van der Waals surface area contributed by atoms with Gasteiger partial charge in [-0.3, -0.25) is 24.1 Å². The third kappa shape index (κ3) is 3.60. The number of likely N-dealkylation sites (N-methyl/N-ethyl adjacent to an activating group) is 1. The van der Waals surface area contributed by atoms with Crippen molar-refractivity contribution in [1.82, 2.24) is 14.7 Å². The van der Waals surface area contributed by atoms with Crippen molar-refractivity contribution in [3.05, 3.63) is 59.8 Å². The van der Waals surface area contributed by atoms with Crippen LogP contribution in [0.4, 0.5) is 4.39 Å². The second kappa shape index (κ2) is 7.98. The second-order valence-electron chi connectivity index (χ2n) is 7.82. The van der Waals surface area contributed by atoms with Gasteiger partial charge in [-0.05, 0) is 18.2 Å². The van der Waals surface area contributed by atoms with Gasteiger partial charge in [0.15, 0.2) is 5.76 Å². The normalized spacial score (nSPS) is 21.7. The fourth-order valence-corrected chi connectivity index (χ4v) is 4.26. The molecule has 0 radical (unpaired) electrons. The summed E-state index contributed by atoms with van der Waals surface area (Å²) in [6, 6.07) is 8.96. The van der Waals surface area contributed by atoms with Crippen LogP contribution in [-0.4, -0.2) is 71.6 Å². The van der Waals surface area contributed by atoms with Crippen LogP contribution >= 0.6 is 0 Å². The van der Waals surface area contributed by atoms with Gasteiger partial charge in [-0.25, -0.2) is 4.39 Å². The Labute approximate surface area is 178 Å². The molecule has 1 atom stereocenters. The summed E-state index contributed by atoms with van der Waals surface area (Å²) < 4.78 is 19.8. The summed E-state index contributed by atoms with van der Waals surface area (Å²) in [4.78, 5) is 54.9. The van der Waals surface area contributed by atoms with Gasteiger partial charge in [0.1, 0.15) is 5.82 Å². The van der Waals surface area contributed by atoms with Gasteiger partial charge in [-0.15, -0.1) is 0 Å². The second-order valence-corrected chi connectivity index (χ2v) is 7.82. The maximum Gasteiger partial charge on any atom is 0.289 e. The number of carbonyl (C=O) groups is 4. The predicted octanol–water partition coefficient (Wildman–Crippen LogP) is 1.42. The van der Waals surface area contributed by atoms with Crippen LogP contribution in [0.3, 0.4) is 0 Å². The van der Waals surface area contributed by atoms with Gasteiger partial charge < -0.3 is 14.2 Å². The Morgan fingerprint density at radius 1 is 1.03 bits per heavy atom. The zero-order valence-electron chi connectivity index (χ0n) is 17.0. The number of hydrogen-bond donors (Lipinski definition) is 0. The number of halogens is 1. The summed E-state index contributed by atoms with van der Waals surface area (Å²) in [5.74, 6) is -2.03. The first kappa shape index (κ1) is 20.8. The smallest absolute Gasteiger partial charge is 0.289 e. The first-order chi connectivity index (χ1) is 14.8. The van der Waals surface area contributed by atoms with Crippen molar-refractivity contribution in [1.29, 1.82) is 0 Å². The molecule has 2 aliphatic rings. The van der Waals surface area contributed by atoms with Crippen LogP contribution in [0.25, 0.3) is 0 Å². The first-order valence-corrected chi connectivity index (χ1v) is 10.00. The minimum atomic E-state index is -1.56. The van der Waals surface area contributed by atoms with E-state index in [0.29, 0.717) is 13.1 Å². The van der Waals surface area contributed by atoms with Crippen LogP contribution in [0.2, 0.25) is 0 Å². The Kier molecular flexibility index (Phi) is 5.34. The van der Waals surface area contributed by atoms with Crippen LogP contribution in [0.1, 0.15) is 29.0 Å². The van der Waals surface area contributed by atoms with E-state index in [0.717, 1.165) is 4.90 Å². The van der Waals surface area contributed by atoms with Crippen LogP contribution in [0, 0.1) is 5.82 Å². The molecule has 0 saturated carbocycles. The van der Waals surface area contributed by atoms with E-state index in [2.05, 4.69) is 0 Å². The van der Waals surface area contributed by atoms with Crippen LogP contribution < -0.4 is 0 Å². The lowest BCUT2D eigenvalue weighted by Crippen LogP contribution is -2.52. The molecule has 9 heteroatoms. The summed E-state index contributed by atoms with van der Waals surface area (Å²) in [5, 5.41) is 0. The monoisotopic (exact) mass is 427 g/mol. The summed E-state index contributed by atoms with van der Waals surface area (Å²) in [7, 11) is 1.34. The average Bonchev–Trinajstić information content (AvgIpc) is 3.38. The Morgan fingerprint density at radius 3 is 2.29 bits per heavy atom. The minimum Gasteiger partial charge on any atom is -0.459 e. The summed E-state index contributed by atoms with van der Waals surface area (Å²) in [6.07, 6.45) is 0.854. The third-order valence-corrected chi connectivity index (χ3v) is 6.04. The lowest BCUT2D eigenvalue weighted by Gasteiger charge is -2.36. The average molecular weight is 427 g/mol. The zero-order chi connectivity index (χ0) is 22.2. The SMILES string of the molecule is CN1C(=O)CC(CC(=O)N2CCN(C(=O)c3ccco3)CC2)(c2ccccc2F)C1=O. The minimum absolute atomic E-state index is 0.0534. The van der Waals surface area contributed by atoms with E-state index >= 15 is 0 Å². The van der Waals surface area contributed by atoms with Crippen LogP contribution in [0.5, 0.6) is 0 Å². The molecule has 0 bridgehead atoms. The zero-order valence-corrected chi connectivity index (χ0v) is 17.0. The molecule has 0 N–H and O–H groups in total. The summed E-state index contributed by atoms with van der Waals surface area (Å²) >= 11 is 0. The van der Waals surface area contributed by atoms with Crippen molar-refractivity contribution in [3.8, 4) is 0 Å². The summed E-state index contributed by atoms with van der Waals surface area (Å²) in [5.41, 5.74) is -1.51. The van der Waals surface area contributed by atoms with E-state index in [1.165, 1.54) is 31.5 Å². The predicted molar refractivity (Wildman–Crippen MR) is 106 cm³/mol. The molecule has 0 aliphatic carbocycles. The molecule has 8 nitrogen and oxygen atoms in total. The lowest BCUT2D eigenvalue weighted by atomic mass is 9.75. The molecule has 2 fully saturated rings. The van der Waals surface area contributed by atoms with Crippen molar-refractivity contribution in [2.75, 3.05) is 33.2 Å². The molecule has 0 spiro atoms. The number of amides is 4. The van der Waals surface area contributed by atoms with Gasteiger partial charge in [-0.2, -0.15) is 0 Å². The maximum atomic E-state index is 14.6. The highest BCUT2D eigenvalue weighted by molar-refractivity contribution is 6.10. The van der Waals surface area contributed by atoms with E-state index in [9.17, 15) is 23.6 Å². The number of piperazine rings is 1. The Morgan fingerprint density at radius 2 is 1.71 bits per heavy atom. The number of imide groups is 1. The van der Waals surface area contributed by atoms with Crippen molar-refractivity contribution in [2.24, 2.45) is 0 Å². The molecule has 2 aliphatic heterocycles. The molecule has 1 aromatic carbocycles. The van der Waals surface area contributed by atoms with Gasteiger partial charge in [0, 0.05) is 51.6 Å². The Hall–Kier alpha value is -3.49. The fraction of sp³-hybridized carbons (Fsp3) is 0.364. The highest BCUT2D eigenvalue weighted by atomic mass is 19.1. The maximum absolute atomic E-state index is 14.6. The van der Waals surface area contributed by atoms with E-state index in [4.69, 9.17) is 4.42 Å². The van der Waals surface area contributed by atoms with Crippen molar-refractivity contribution < 1.29 is 28.0 Å². The standard InChI is InChI=1S/C22H22FN3O5/c1-24-18(27)13-22(21(24)30,15-5-2-3-6-16(15)23)14-19(28)25-8-10-26(11-9-25)20(29)17-7-4-12-31-17/h2-7,12H,8-11,13-14H2,1H3. The van der Waals surface area contributed by atoms with Crippen LogP contribution in [0.15, 0.2) is 47.1 Å². The van der Waals surface area contributed by atoms with E-state index in [1.807, 2.05) is 0 Å². The number of benzene rings is 1. The van der Waals surface area contributed by atoms with E-state index in [1.54, 1.807) is 28.0 Å². The largest absolute Gasteiger partial charge is 0.459 e. The molecular weight excluding hydrogens is 405 g/mol. The van der Waals surface area contributed by atoms with Gasteiger partial charge in [0.25, 0.3) is 5.91 Å². The number of rotatable bonds is 4. The van der Waals surface area contributed by atoms with Crippen molar-refractivity contribution in [2.45, 2.75) is 18.3 Å². The number of furan rings is 1. The molecule has 4 rings (SSSR count). The molecule has 4 amide bonds. The van der Waals surface area contributed by atoms with E-state index < -0.39 is 23.0 Å². The molecular formula is C22H22FN3O5. The Balaban J connectivity index is 1.51. The van der Waals surface area contributed by atoms with Gasteiger partial charge in [0.2, 0.25) is 17.7 Å². The number of hydrogen-bond acceptors (Lipinski definition) is 5. The van der Waals surface area contributed by atoms with Gasteiger partial charge >= 0.3 is 0 Å². The topological polar surface area (TPSA) is 91.1 Å².